The Morgan fingerprint density at radius 2 is 1.71 bits per heavy atom. The Morgan fingerprint density at radius 3 is 2.32 bits per heavy atom. The maximum absolute atomic E-state index is 13.2. The number of benzene rings is 2. The highest BCUT2D eigenvalue weighted by molar-refractivity contribution is 5.87. The minimum absolute atomic E-state index is 0.0331. The molecule has 1 unspecified atom stereocenters. The van der Waals surface area contributed by atoms with Gasteiger partial charge in [-0.1, -0.05) is 44.2 Å². The second-order valence-corrected chi connectivity index (χ2v) is 6.78. The summed E-state index contributed by atoms with van der Waals surface area (Å²) >= 11 is 0. The van der Waals surface area contributed by atoms with Crippen molar-refractivity contribution in [1.29, 1.82) is 0 Å². The summed E-state index contributed by atoms with van der Waals surface area (Å²) < 4.78 is 19.0. The highest BCUT2D eigenvalue weighted by Gasteiger charge is 2.20. The van der Waals surface area contributed by atoms with Gasteiger partial charge >= 0.3 is 0 Å². The largest absolute Gasteiger partial charge is 0.491 e. The van der Waals surface area contributed by atoms with E-state index in [4.69, 9.17) is 10.5 Å². The average molecular weight is 387 g/mol. The van der Waals surface area contributed by atoms with Crippen molar-refractivity contribution in [2.75, 3.05) is 13.2 Å². The molecule has 0 spiro atoms. The third kappa shape index (κ3) is 6.66. The summed E-state index contributed by atoms with van der Waals surface area (Å²) in [4.78, 5) is 24.2. The van der Waals surface area contributed by atoms with Crippen LogP contribution < -0.4 is 21.1 Å². The lowest BCUT2D eigenvalue weighted by Crippen LogP contribution is -2.47. The van der Waals surface area contributed by atoms with Gasteiger partial charge in [-0.2, -0.15) is 0 Å². The Morgan fingerprint density at radius 1 is 1.07 bits per heavy atom. The smallest absolute Gasteiger partial charge is 0.239 e. The van der Waals surface area contributed by atoms with Gasteiger partial charge in [-0.25, -0.2) is 4.39 Å². The first-order valence-corrected chi connectivity index (χ1v) is 9.12. The quantitative estimate of drug-likeness (QED) is 0.615. The highest BCUT2D eigenvalue weighted by atomic mass is 19.1. The van der Waals surface area contributed by atoms with E-state index in [1.54, 1.807) is 24.3 Å². The van der Waals surface area contributed by atoms with Gasteiger partial charge in [-0.05, 0) is 35.7 Å². The Hall–Kier alpha value is -2.93. The molecule has 0 saturated carbocycles. The van der Waals surface area contributed by atoms with Crippen molar-refractivity contribution in [3.63, 3.8) is 0 Å². The second kappa shape index (κ2) is 10.4. The van der Waals surface area contributed by atoms with Gasteiger partial charge in [0.1, 0.15) is 18.2 Å². The number of carbonyl (C=O) groups excluding carboxylic acids is 2. The predicted molar refractivity (Wildman–Crippen MR) is 105 cm³/mol. The molecule has 4 N–H and O–H groups in total. The van der Waals surface area contributed by atoms with Crippen LogP contribution >= 0.6 is 0 Å². The minimum atomic E-state index is -0.679. The fraction of sp³-hybridized carbons (Fsp3) is 0.333. The molecule has 28 heavy (non-hydrogen) atoms. The number of halogens is 1. The number of nitrogens with one attached hydrogen (secondary N) is 2. The first kappa shape index (κ1) is 21.4. The highest BCUT2D eigenvalue weighted by Crippen LogP contribution is 2.17. The number of rotatable bonds is 9. The SMILES string of the molecule is CC(C)[C@H](N)C(=O)NCC(=O)NC(COc1ccccc1)c1ccc(F)cc1. The zero-order valence-electron chi connectivity index (χ0n) is 16.0. The standard InChI is InChI=1S/C21H26FN3O3/c1-14(2)20(23)21(27)24-12-19(26)25-18(15-8-10-16(22)11-9-15)13-28-17-6-4-3-5-7-17/h3-11,14,18,20H,12-13,23H2,1-2H3,(H,24,27)(H,25,26)/t18?,20-/m0/s1. The Kier molecular flexibility index (Phi) is 7.95. The predicted octanol–water partition coefficient (Wildman–Crippen LogP) is 2.16. The molecule has 6 nitrogen and oxygen atoms in total. The number of hydrogen-bond donors (Lipinski definition) is 3. The number of nitrogens with two attached hydrogens (primary N) is 1. The normalized spacial score (nSPS) is 12.9. The molecule has 0 aliphatic rings. The molecule has 2 aromatic rings. The van der Waals surface area contributed by atoms with Crippen LogP contribution in [0.2, 0.25) is 0 Å². The Balaban J connectivity index is 1.99. The summed E-state index contributed by atoms with van der Waals surface area (Å²) in [5.74, 6) is -0.526. The van der Waals surface area contributed by atoms with Gasteiger partial charge in [-0.15, -0.1) is 0 Å². The van der Waals surface area contributed by atoms with E-state index in [1.807, 2.05) is 32.0 Å². The summed E-state index contributed by atoms with van der Waals surface area (Å²) in [6, 6.07) is 13.8. The summed E-state index contributed by atoms with van der Waals surface area (Å²) in [7, 11) is 0. The average Bonchev–Trinajstić information content (AvgIpc) is 2.70. The lowest BCUT2D eigenvalue weighted by Gasteiger charge is -2.21. The van der Waals surface area contributed by atoms with Crippen LogP contribution in [0.3, 0.4) is 0 Å². The molecule has 2 atom stereocenters. The lowest BCUT2D eigenvalue weighted by molar-refractivity contribution is -0.127. The van der Waals surface area contributed by atoms with Crippen LogP contribution in [0, 0.1) is 11.7 Å². The van der Waals surface area contributed by atoms with E-state index in [2.05, 4.69) is 10.6 Å². The third-order valence-electron chi connectivity index (χ3n) is 4.21. The molecule has 2 aromatic carbocycles. The van der Waals surface area contributed by atoms with Crippen molar-refractivity contribution in [2.24, 2.45) is 11.7 Å². The topological polar surface area (TPSA) is 93.5 Å². The van der Waals surface area contributed by atoms with E-state index >= 15 is 0 Å². The van der Waals surface area contributed by atoms with Crippen LogP contribution in [0.5, 0.6) is 5.75 Å². The summed E-state index contributed by atoms with van der Waals surface area (Å²) in [5, 5.41) is 5.33. The molecule has 0 aliphatic heterocycles. The van der Waals surface area contributed by atoms with Gasteiger partial charge in [0.2, 0.25) is 11.8 Å². The maximum atomic E-state index is 13.2. The molecule has 2 rings (SSSR count). The molecule has 150 valence electrons. The van der Waals surface area contributed by atoms with Gasteiger partial charge in [0, 0.05) is 0 Å². The van der Waals surface area contributed by atoms with Crippen molar-refractivity contribution in [3.05, 3.63) is 66.0 Å². The molecule has 0 saturated heterocycles. The fourth-order valence-electron chi connectivity index (χ4n) is 2.45. The maximum Gasteiger partial charge on any atom is 0.239 e. The van der Waals surface area contributed by atoms with Crippen LogP contribution in [0.25, 0.3) is 0 Å². The molecule has 0 aromatic heterocycles. The van der Waals surface area contributed by atoms with Crippen molar-refractivity contribution in [2.45, 2.75) is 25.9 Å². The summed E-state index contributed by atoms with van der Waals surface area (Å²) in [6.07, 6.45) is 0. The fourth-order valence-corrected chi connectivity index (χ4v) is 2.45. The van der Waals surface area contributed by atoms with E-state index in [1.165, 1.54) is 12.1 Å². The Labute approximate surface area is 164 Å². The van der Waals surface area contributed by atoms with Crippen molar-refractivity contribution in [1.82, 2.24) is 10.6 Å². The van der Waals surface area contributed by atoms with Crippen LogP contribution in [0.4, 0.5) is 4.39 Å². The number of para-hydroxylation sites is 1. The molecular formula is C21H26FN3O3. The van der Waals surface area contributed by atoms with Gasteiger partial charge in [0.05, 0.1) is 18.6 Å². The van der Waals surface area contributed by atoms with Crippen molar-refractivity contribution in [3.8, 4) is 5.75 Å². The summed E-state index contributed by atoms with van der Waals surface area (Å²) in [6.45, 7) is 3.61. The van der Waals surface area contributed by atoms with E-state index in [9.17, 15) is 14.0 Å². The number of hydrogen-bond acceptors (Lipinski definition) is 4. The second-order valence-electron chi connectivity index (χ2n) is 6.78. The number of amides is 2. The van der Waals surface area contributed by atoms with E-state index in [0.717, 1.165) is 0 Å². The van der Waals surface area contributed by atoms with Crippen LogP contribution in [-0.2, 0) is 9.59 Å². The molecular weight excluding hydrogens is 361 g/mol. The molecule has 7 heteroatoms. The first-order valence-electron chi connectivity index (χ1n) is 9.12. The zero-order valence-corrected chi connectivity index (χ0v) is 16.0. The molecule has 0 aliphatic carbocycles. The molecule has 0 bridgehead atoms. The Bertz CT molecular complexity index is 766. The third-order valence-corrected chi connectivity index (χ3v) is 4.21. The zero-order chi connectivity index (χ0) is 20.5. The monoisotopic (exact) mass is 387 g/mol. The van der Waals surface area contributed by atoms with Crippen LogP contribution in [0.15, 0.2) is 54.6 Å². The van der Waals surface area contributed by atoms with Gasteiger partial charge < -0.3 is 21.1 Å². The molecule has 0 radical (unpaired) electrons. The number of carbonyl (C=O) groups is 2. The molecule has 0 fully saturated rings. The van der Waals surface area contributed by atoms with Gasteiger partial charge in [-0.3, -0.25) is 9.59 Å². The first-order chi connectivity index (χ1) is 13.4. The van der Waals surface area contributed by atoms with Crippen LogP contribution in [0.1, 0.15) is 25.5 Å². The number of ether oxygens (including phenoxy) is 1. The van der Waals surface area contributed by atoms with Gasteiger partial charge in [0.15, 0.2) is 0 Å². The van der Waals surface area contributed by atoms with Crippen molar-refractivity contribution >= 4 is 11.8 Å². The van der Waals surface area contributed by atoms with Gasteiger partial charge in [0.25, 0.3) is 0 Å². The van der Waals surface area contributed by atoms with Crippen LogP contribution in [-0.4, -0.2) is 31.0 Å². The molecule has 2 amide bonds. The van der Waals surface area contributed by atoms with E-state index in [-0.39, 0.29) is 30.8 Å². The molecule has 0 heterocycles. The minimum Gasteiger partial charge on any atom is -0.491 e. The van der Waals surface area contributed by atoms with Crippen molar-refractivity contribution < 1.29 is 18.7 Å². The summed E-state index contributed by atoms with van der Waals surface area (Å²) in [5.41, 5.74) is 6.46. The lowest BCUT2D eigenvalue weighted by atomic mass is 10.1. The van der Waals surface area contributed by atoms with E-state index < -0.39 is 18.0 Å². The van der Waals surface area contributed by atoms with E-state index in [0.29, 0.717) is 11.3 Å².